The standard InChI is InChI=1S/C18H15F6OP.Li/c1-9-7-10(2)15(11(3)8-9)26-16(25)14-12(17(19,20)21)5-4-6-13(14)18(22,23)24;/h4-8,26H,1-3H3;. The number of aryl methyl sites for hydroxylation is 3. The van der Waals surface area contributed by atoms with E-state index in [0.29, 0.717) is 34.6 Å². The van der Waals surface area contributed by atoms with Crippen LogP contribution in [0.25, 0.3) is 0 Å². The van der Waals surface area contributed by atoms with Gasteiger partial charge in [0, 0.05) is 24.4 Å². The van der Waals surface area contributed by atoms with Crippen molar-refractivity contribution in [3.05, 3.63) is 63.7 Å². The smallest absolute Gasteiger partial charge is 0.289 e. The number of halogens is 6. The molecule has 1 unspecified atom stereocenters. The maximum Gasteiger partial charge on any atom is 0.417 e. The Bertz CT molecular complexity index is 803. The molecule has 0 aliphatic rings. The van der Waals surface area contributed by atoms with Gasteiger partial charge in [0.05, 0.1) is 11.1 Å². The summed E-state index contributed by atoms with van der Waals surface area (Å²) in [6, 6.07) is 5.14. The summed E-state index contributed by atoms with van der Waals surface area (Å²) in [5.74, 6) is 0. The average molecular weight is 399 g/mol. The second-order valence-electron chi connectivity index (χ2n) is 5.95. The van der Waals surface area contributed by atoms with Crippen molar-refractivity contribution in [2.24, 2.45) is 0 Å². The van der Waals surface area contributed by atoms with Crippen LogP contribution in [0.15, 0.2) is 30.3 Å². The van der Waals surface area contributed by atoms with Crippen LogP contribution in [0.5, 0.6) is 0 Å². The fourth-order valence-corrected chi connectivity index (χ4v) is 3.98. The van der Waals surface area contributed by atoms with Crippen LogP contribution < -0.4 is 5.30 Å². The molecule has 2 rings (SSSR count). The Kier molecular flexibility index (Phi) is 7.38. The molecule has 0 fully saturated rings. The van der Waals surface area contributed by atoms with Crippen molar-refractivity contribution in [1.82, 2.24) is 0 Å². The van der Waals surface area contributed by atoms with Gasteiger partial charge in [-0.05, 0) is 57.9 Å². The Morgan fingerprint density at radius 1 is 0.852 bits per heavy atom. The SMILES string of the molecule is Cc1cc(C)c(PC(=O)c2c(C(F)(F)F)cccc2C(F)(F)F)c(C)c1.[Li]. The molecule has 2 aromatic carbocycles. The van der Waals surface area contributed by atoms with Crippen molar-refractivity contribution in [1.29, 1.82) is 0 Å². The van der Waals surface area contributed by atoms with E-state index in [9.17, 15) is 31.1 Å². The summed E-state index contributed by atoms with van der Waals surface area (Å²) >= 11 is 0. The minimum Gasteiger partial charge on any atom is -0.289 e. The Balaban J connectivity index is 0.00000364. The molecule has 0 heterocycles. The van der Waals surface area contributed by atoms with Crippen LogP contribution in [0.1, 0.15) is 38.2 Å². The number of hydrogen-bond acceptors (Lipinski definition) is 1. The fraction of sp³-hybridized carbons (Fsp3) is 0.278. The van der Waals surface area contributed by atoms with Crippen LogP contribution in [0.2, 0.25) is 0 Å². The molecule has 141 valence electrons. The number of hydrogen-bond donors (Lipinski definition) is 0. The van der Waals surface area contributed by atoms with Crippen molar-refractivity contribution in [3.8, 4) is 0 Å². The van der Waals surface area contributed by atoms with Crippen molar-refractivity contribution in [3.63, 3.8) is 0 Å². The molecular formula is C18H15F6LiOP. The molecule has 0 bridgehead atoms. The summed E-state index contributed by atoms with van der Waals surface area (Å²) < 4.78 is 79.3. The Morgan fingerprint density at radius 2 is 1.26 bits per heavy atom. The van der Waals surface area contributed by atoms with Gasteiger partial charge in [0.1, 0.15) is 0 Å². The predicted molar refractivity (Wildman–Crippen MR) is 95.1 cm³/mol. The molecule has 0 spiro atoms. The fourth-order valence-electron chi connectivity index (χ4n) is 2.82. The van der Waals surface area contributed by atoms with Crippen LogP contribution in [0.3, 0.4) is 0 Å². The van der Waals surface area contributed by atoms with Gasteiger partial charge in [-0.3, -0.25) is 4.79 Å². The molecule has 1 radical (unpaired) electrons. The van der Waals surface area contributed by atoms with E-state index >= 15 is 0 Å². The van der Waals surface area contributed by atoms with Crippen LogP contribution in [0, 0.1) is 20.8 Å². The number of carbonyl (C=O) groups is 1. The zero-order valence-corrected chi connectivity index (χ0v) is 16.1. The largest absolute Gasteiger partial charge is 0.417 e. The van der Waals surface area contributed by atoms with Gasteiger partial charge in [0.25, 0.3) is 0 Å². The van der Waals surface area contributed by atoms with Gasteiger partial charge in [-0.25, -0.2) is 0 Å². The van der Waals surface area contributed by atoms with E-state index in [1.54, 1.807) is 26.0 Å². The molecule has 0 saturated heterocycles. The topological polar surface area (TPSA) is 17.1 Å². The molecule has 0 saturated carbocycles. The first-order valence-electron chi connectivity index (χ1n) is 7.49. The number of carbonyl (C=O) groups excluding carboxylic acids is 1. The van der Waals surface area contributed by atoms with Gasteiger partial charge in [-0.1, -0.05) is 23.8 Å². The summed E-state index contributed by atoms with van der Waals surface area (Å²) in [4.78, 5) is 12.6. The van der Waals surface area contributed by atoms with Gasteiger partial charge in [-0.15, -0.1) is 0 Å². The van der Waals surface area contributed by atoms with Crippen LogP contribution in [0.4, 0.5) is 26.3 Å². The van der Waals surface area contributed by atoms with Gasteiger partial charge in [0.2, 0.25) is 0 Å². The molecule has 9 heteroatoms. The van der Waals surface area contributed by atoms with Crippen molar-refractivity contribution in [2.75, 3.05) is 0 Å². The summed E-state index contributed by atoms with van der Waals surface area (Å²) in [5, 5.41) is 0.464. The van der Waals surface area contributed by atoms with Crippen molar-refractivity contribution in [2.45, 2.75) is 33.1 Å². The molecule has 0 aliphatic carbocycles. The number of rotatable bonds is 3. The molecule has 1 atom stereocenters. The normalized spacial score (nSPS) is 12.3. The Morgan fingerprint density at radius 3 is 1.63 bits per heavy atom. The quantitative estimate of drug-likeness (QED) is 0.383. The van der Waals surface area contributed by atoms with Gasteiger partial charge >= 0.3 is 12.4 Å². The Hall–Kier alpha value is -1.28. The van der Waals surface area contributed by atoms with Crippen molar-refractivity contribution < 1.29 is 31.1 Å². The molecule has 2 aromatic rings. The summed E-state index contributed by atoms with van der Waals surface area (Å²) in [6.45, 7) is 5.17. The molecular weight excluding hydrogens is 384 g/mol. The van der Waals surface area contributed by atoms with E-state index in [4.69, 9.17) is 0 Å². The molecule has 0 N–H and O–H groups in total. The van der Waals surface area contributed by atoms with Crippen molar-refractivity contribution >= 4 is 38.3 Å². The van der Waals surface area contributed by atoms with Crippen LogP contribution in [-0.2, 0) is 12.4 Å². The minimum atomic E-state index is -5.06. The van der Waals surface area contributed by atoms with E-state index in [-0.39, 0.29) is 18.9 Å². The van der Waals surface area contributed by atoms with Crippen LogP contribution in [-0.4, -0.2) is 24.4 Å². The van der Waals surface area contributed by atoms with E-state index in [1.807, 2.05) is 6.92 Å². The summed E-state index contributed by atoms with van der Waals surface area (Å²) in [6.07, 6.45) is -10.1. The first kappa shape index (κ1) is 23.8. The monoisotopic (exact) mass is 399 g/mol. The number of benzene rings is 2. The third-order valence-electron chi connectivity index (χ3n) is 3.82. The minimum absolute atomic E-state index is 0. The zero-order valence-electron chi connectivity index (χ0n) is 15.1. The predicted octanol–water partition coefficient (Wildman–Crippen LogP) is 5.41. The first-order valence-corrected chi connectivity index (χ1v) is 8.49. The average Bonchev–Trinajstić information content (AvgIpc) is 2.48. The molecule has 0 aliphatic heterocycles. The Labute approximate surface area is 166 Å². The second-order valence-corrected chi connectivity index (χ2v) is 7.16. The molecule has 0 aromatic heterocycles. The van der Waals surface area contributed by atoms with E-state index in [0.717, 1.165) is 5.56 Å². The molecule has 0 amide bonds. The molecule has 27 heavy (non-hydrogen) atoms. The van der Waals surface area contributed by atoms with E-state index < -0.39 is 43.1 Å². The summed E-state index contributed by atoms with van der Waals surface area (Å²) in [7, 11) is -0.838. The molecule has 1 nitrogen and oxygen atoms in total. The van der Waals surface area contributed by atoms with Gasteiger partial charge in [0.15, 0.2) is 5.52 Å². The third kappa shape index (κ3) is 5.37. The maximum absolute atomic E-state index is 13.2. The van der Waals surface area contributed by atoms with E-state index in [1.165, 1.54) is 0 Å². The third-order valence-corrected chi connectivity index (χ3v) is 5.33. The zero-order chi connectivity index (χ0) is 19.9. The van der Waals surface area contributed by atoms with Crippen LogP contribution >= 0.6 is 8.58 Å². The summed E-state index contributed by atoms with van der Waals surface area (Å²) in [5.41, 5.74) is -3.41. The number of alkyl halides is 6. The van der Waals surface area contributed by atoms with Gasteiger partial charge < -0.3 is 0 Å². The second kappa shape index (κ2) is 8.39. The van der Waals surface area contributed by atoms with E-state index in [2.05, 4.69) is 0 Å². The first-order chi connectivity index (χ1) is 11.8. The maximum atomic E-state index is 13.2. The van der Waals surface area contributed by atoms with Gasteiger partial charge in [-0.2, -0.15) is 26.3 Å².